The molecule has 1 saturated heterocycles. The summed E-state index contributed by atoms with van der Waals surface area (Å²) in [5, 5.41) is 49.3. The van der Waals surface area contributed by atoms with E-state index in [2.05, 4.69) is 0 Å². The molecule has 1 aliphatic rings. The van der Waals surface area contributed by atoms with Gasteiger partial charge >= 0.3 is 0 Å². The highest BCUT2D eigenvalue weighted by Gasteiger charge is 2.44. The van der Waals surface area contributed by atoms with Crippen molar-refractivity contribution in [3.63, 3.8) is 0 Å². The Morgan fingerprint density at radius 3 is 2.50 bits per heavy atom. The molecule has 1 aliphatic heterocycles. The fraction of sp³-hybridized carbons (Fsp3) is 0.318. The third-order valence-corrected chi connectivity index (χ3v) is 5.28. The van der Waals surface area contributed by atoms with Gasteiger partial charge in [-0.3, -0.25) is 4.79 Å². The normalized spacial score (nSPS) is 25.6. The third-order valence-electron chi connectivity index (χ3n) is 5.28. The summed E-state index contributed by atoms with van der Waals surface area (Å²) < 4.78 is 21.6. The summed E-state index contributed by atoms with van der Waals surface area (Å²) in [6, 6.07) is 8.74. The Bertz CT molecular complexity index is 1170. The number of aliphatic hydroxyl groups excluding tert-OH is 4. The molecule has 0 bridgehead atoms. The lowest BCUT2D eigenvalue weighted by molar-refractivity contribution is -0.277. The van der Waals surface area contributed by atoms with Crippen LogP contribution in [0, 0.1) is 0 Å². The molecule has 10 nitrogen and oxygen atoms in total. The number of benzene rings is 2. The first-order chi connectivity index (χ1) is 15.3. The second-order valence-corrected chi connectivity index (χ2v) is 7.37. The summed E-state index contributed by atoms with van der Waals surface area (Å²) in [6.07, 6.45) is -5.88. The van der Waals surface area contributed by atoms with Gasteiger partial charge in [0.05, 0.1) is 24.7 Å². The highest BCUT2D eigenvalue weighted by molar-refractivity contribution is 5.83. The van der Waals surface area contributed by atoms with Crippen LogP contribution in [0.1, 0.15) is 0 Å². The molecule has 0 radical (unpaired) electrons. The van der Waals surface area contributed by atoms with E-state index >= 15 is 0 Å². The molecule has 0 saturated carbocycles. The van der Waals surface area contributed by atoms with Gasteiger partial charge in [-0.2, -0.15) is 0 Å². The number of hydrogen-bond acceptors (Lipinski definition) is 10. The van der Waals surface area contributed by atoms with Crippen LogP contribution in [0.2, 0.25) is 0 Å². The molecule has 5 atom stereocenters. The van der Waals surface area contributed by atoms with Gasteiger partial charge in [0.15, 0.2) is 5.43 Å². The zero-order valence-electron chi connectivity index (χ0n) is 16.9. The van der Waals surface area contributed by atoms with E-state index in [0.717, 1.165) is 0 Å². The average molecular weight is 446 g/mol. The molecule has 0 amide bonds. The van der Waals surface area contributed by atoms with E-state index in [9.17, 15) is 30.3 Å². The summed E-state index contributed by atoms with van der Waals surface area (Å²) in [4.78, 5) is 13.0. The predicted molar refractivity (Wildman–Crippen MR) is 111 cm³/mol. The largest absolute Gasteiger partial charge is 0.508 e. The van der Waals surface area contributed by atoms with Crippen LogP contribution in [0.3, 0.4) is 0 Å². The van der Waals surface area contributed by atoms with E-state index in [0.29, 0.717) is 11.3 Å². The smallest absolute Gasteiger partial charge is 0.229 e. The Morgan fingerprint density at radius 1 is 1.00 bits per heavy atom. The van der Waals surface area contributed by atoms with Gasteiger partial charge in [-0.15, -0.1) is 0 Å². The Kier molecular flexibility index (Phi) is 6.04. The number of ether oxygens (including phenoxy) is 3. The van der Waals surface area contributed by atoms with Crippen LogP contribution >= 0.6 is 0 Å². The van der Waals surface area contributed by atoms with E-state index in [4.69, 9.17) is 18.6 Å². The van der Waals surface area contributed by atoms with E-state index < -0.39 is 37.3 Å². The first-order valence-electron chi connectivity index (χ1n) is 9.73. The fourth-order valence-electron chi connectivity index (χ4n) is 3.54. The molecule has 2 aromatic carbocycles. The topological polar surface area (TPSA) is 159 Å². The lowest BCUT2D eigenvalue weighted by atomic mass is 9.99. The molecule has 1 fully saturated rings. The number of hydrogen-bond donors (Lipinski definition) is 5. The van der Waals surface area contributed by atoms with Crippen LogP contribution in [-0.2, 0) is 4.74 Å². The number of fused-ring (bicyclic) bond motifs is 1. The van der Waals surface area contributed by atoms with Crippen molar-refractivity contribution in [2.24, 2.45) is 0 Å². The maximum Gasteiger partial charge on any atom is 0.229 e. The minimum absolute atomic E-state index is 0.0675. The van der Waals surface area contributed by atoms with Crippen molar-refractivity contribution in [2.75, 3.05) is 13.7 Å². The predicted octanol–water partition coefficient (Wildman–Crippen LogP) is 0.353. The maximum atomic E-state index is 13.0. The van der Waals surface area contributed by atoms with Gasteiger partial charge in [0, 0.05) is 12.1 Å². The second kappa shape index (κ2) is 8.77. The molecule has 0 aliphatic carbocycles. The van der Waals surface area contributed by atoms with Crippen LogP contribution in [0.4, 0.5) is 0 Å². The average Bonchev–Trinajstić information content (AvgIpc) is 2.79. The standard InChI is InChI=1S/C22H22O10/c1-29-13-5-10(4-11(24)6-13)15-9-30-16-7-12(2-3-14(16)18(15)25)31-22-21(28)20(27)19(26)17(8-23)32-22/h2-7,9,17,19-24,26-28H,8H2,1H3. The summed E-state index contributed by atoms with van der Waals surface area (Å²) in [7, 11) is 1.44. The Morgan fingerprint density at radius 2 is 1.78 bits per heavy atom. The van der Waals surface area contributed by atoms with Crippen molar-refractivity contribution in [3.8, 4) is 28.4 Å². The van der Waals surface area contributed by atoms with Gasteiger partial charge in [-0.05, 0) is 29.8 Å². The van der Waals surface area contributed by atoms with Gasteiger partial charge in [0.25, 0.3) is 0 Å². The van der Waals surface area contributed by atoms with Gasteiger partial charge in [0.1, 0.15) is 53.5 Å². The van der Waals surface area contributed by atoms with Crippen LogP contribution in [-0.4, -0.2) is 70.0 Å². The molecule has 5 unspecified atom stereocenters. The first-order valence-corrected chi connectivity index (χ1v) is 9.73. The Balaban J connectivity index is 1.64. The third kappa shape index (κ3) is 4.01. The molecule has 170 valence electrons. The van der Waals surface area contributed by atoms with Crippen LogP contribution < -0.4 is 14.9 Å². The highest BCUT2D eigenvalue weighted by atomic mass is 16.7. The fourth-order valence-corrected chi connectivity index (χ4v) is 3.54. The minimum atomic E-state index is -1.58. The summed E-state index contributed by atoms with van der Waals surface area (Å²) in [6.45, 7) is -0.583. The summed E-state index contributed by atoms with van der Waals surface area (Å²) >= 11 is 0. The monoisotopic (exact) mass is 446 g/mol. The number of aromatic hydroxyl groups is 1. The minimum Gasteiger partial charge on any atom is -0.508 e. The van der Waals surface area contributed by atoms with Gasteiger partial charge in [-0.25, -0.2) is 0 Å². The Hall–Kier alpha value is -3.15. The molecular weight excluding hydrogens is 424 g/mol. The molecule has 4 rings (SSSR count). The second-order valence-electron chi connectivity index (χ2n) is 7.37. The van der Waals surface area contributed by atoms with Crippen molar-refractivity contribution < 1.29 is 44.2 Å². The summed E-state index contributed by atoms with van der Waals surface area (Å²) in [5.74, 6) is 0.474. The van der Waals surface area contributed by atoms with Crippen molar-refractivity contribution >= 4 is 11.0 Å². The SMILES string of the molecule is COc1cc(O)cc(-c2coc3cc(OC4OC(CO)C(O)C(O)C4O)ccc3c2=O)c1. The molecule has 2 heterocycles. The molecule has 0 spiro atoms. The molecular formula is C22H22O10. The number of rotatable bonds is 5. The lowest BCUT2D eigenvalue weighted by Gasteiger charge is -2.39. The molecule has 5 N–H and O–H groups in total. The number of methoxy groups -OCH3 is 1. The van der Waals surface area contributed by atoms with E-state index in [1.165, 1.54) is 43.7 Å². The lowest BCUT2D eigenvalue weighted by Crippen LogP contribution is -2.60. The van der Waals surface area contributed by atoms with Crippen molar-refractivity contribution in [3.05, 3.63) is 52.9 Å². The van der Waals surface area contributed by atoms with Gasteiger partial charge < -0.3 is 44.2 Å². The van der Waals surface area contributed by atoms with Crippen molar-refractivity contribution in [1.29, 1.82) is 0 Å². The molecule has 10 heteroatoms. The number of phenolic OH excluding ortho intramolecular Hbond substituents is 1. The van der Waals surface area contributed by atoms with E-state index in [1.54, 1.807) is 6.07 Å². The first kappa shape index (κ1) is 22.1. The Labute approximate surface area is 181 Å². The summed E-state index contributed by atoms with van der Waals surface area (Å²) in [5.41, 5.74) is 0.472. The quantitative estimate of drug-likeness (QED) is 0.370. The van der Waals surface area contributed by atoms with Crippen molar-refractivity contribution in [2.45, 2.75) is 30.7 Å². The number of aliphatic hydroxyl groups is 4. The maximum absolute atomic E-state index is 13.0. The zero-order chi connectivity index (χ0) is 23.0. The molecule has 3 aromatic rings. The van der Waals surface area contributed by atoms with E-state index in [1.807, 2.05) is 0 Å². The van der Waals surface area contributed by atoms with Crippen LogP contribution in [0.25, 0.3) is 22.1 Å². The van der Waals surface area contributed by atoms with E-state index in [-0.39, 0.29) is 33.5 Å². The molecule has 32 heavy (non-hydrogen) atoms. The van der Waals surface area contributed by atoms with Crippen LogP contribution in [0.5, 0.6) is 17.2 Å². The van der Waals surface area contributed by atoms with Crippen molar-refractivity contribution in [1.82, 2.24) is 0 Å². The highest BCUT2D eigenvalue weighted by Crippen LogP contribution is 2.30. The van der Waals surface area contributed by atoms with Gasteiger partial charge in [0.2, 0.25) is 6.29 Å². The van der Waals surface area contributed by atoms with Gasteiger partial charge in [-0.1, -0.05) is 0 Å². The molecule has 1 aromatic heterocycles. The van der Waals surface area contributed by atoms with Crippen LogP contribution in [0.15, 0.2) is 51.9 Å². The number of phenols is 1. The zero-order valence-corrected chi connectivity index (χ0v) is 16.9.